The van der Waals surface area contributed by atoms with Crippen LogP contribution in [0.15, 0.2) is 42.1 Å². The number of hydrogen-bond acceptors (Lipinski definition) is 3. The summed E-state index contributed by atoms with van der Waals surface area (Å²) in [5.41, 5.74) is 1.99. The molecule has 3 fully saturated rings. The quantitative estimate of drug-likeness (QED) is 0.816. The van der Waals surface area contributed by atoms with Crippen LogP contribution in [0.25, 0.3) is 0 Å². The molecule has 1 amide bonds. The number of rotatable bonds is 2. The molecule has 0 aliphatic carbocycles. The minimum absolute atomic E-state index is 0.211. The molecule has 128 valence electrons. The van der Waals surface area contributed by atoms with E-state index in [1.165, 1.54) is 11.1 Å². The standard InChI is InChI=1S/C20H25NO3/c1-15-13-17(14-21-11-12-23-18(21)22)19(2)9-6-10-20(15,24-19)16-7-4-3-5-8-16/h3-5,7-8,14-15H,6,9-13H2,1-2H3/b17-14-/t15-,19-,20+/m0/s1. The topological polar surface area (TPSA) is 38.8 Å². The molecular weight excluding hydrogens is 302 g/mol. The van der Waals surface area contributed by atoms with E-state index >= 15 is 0 Å². The van der Waals surface area contributed by atoms with Crippen LogP contribution in [0.2, 0.25) is 0 Å². The largest absolute Gasteiger partial charge is 0.447 e. The first-order chi connectivity index (χ1) is 11.5. The van der Waals surface area contributed by atoms with Crippen molar-refractivity contribution in [3.05, 3.63) is 47.7 Å². The van der Waals surface area contributed by atoms with E-state index < -0.39 is 0 Å². The molecule has 0 radical (unpaired) electrons. The molecule has 0 unspecified atom stereocenters. The monoisotopic (exact) mass is 327 g/mol. The number of fused-ring (bicyclic) bond motifs is 2. The van der Waals surface area contributed by atoms with Crippen LogP contribution < -0.4 is 0 Å². The molecule has 24 heavy (non-hydrogen) atoms. The van der Waals surface area contributed by atoms with Gasteiger partial charge in [0, 0.05) is 6.20 Å². The lowest BCUT2D eigenvalue weighted by atomic mass is 9.66. The van der Waals surface area contributed by atoms with Gasteiger partial charge in [-0.3, -0.25) is 4.90 Å². The molecule has 4 nitrogen and oxygen atoms in total. The van der Waals surface area contributed by atoms with Crippen molar-refractivity contribution in [2.75, 3.05) is 13.2 Å². The first-order valence-corrected chi connectivity index (χ1v) is 8.94. The van der Waals surface area contributed by atoms with Gasteiger partial charge in [-0.15, -0.1) is 0 Å². The van der Waals surface area contributed by atoms with Crippen LogP contribution in [0.5, 0.6) is 0 Å². The van der Waals surface area contributed by atoms with Crippen LogP contribution in [0.4, 0.5) is 4.79 Å². The number of nitrogens with zero attached hydrogens (tertiary/aromatic N) is 1. The lowest BCUT2D eigenvalue weighted by molar-refractivity contribution is -0.217. The van der Waals surface area contributed by atoms with Crippen molar-refractivity contribution in [1.29, 1.82) is 0 Å². The second-order valence-corrected chi connectivity index (χ2v) is 7.51. The van der Waals surface area contributed by atoms with Gasteiger partial charge in [-0.25, -0.2) is 4.79 Å². The fourth-order valence-corrected chi connectivity index (χ4v) is 4.58. The Labute approximate surface area is 143 Å². The highest BCUT2D eigenvalue weighted by Crippen LogP contribution is 2.55. The molecule has 2 bridgehead atoms. The average Bonchev–Trinajstić information content (AvgIpc) is 2.99. The third kappa shape index (κ3) is 2.35. The van der Waals surface area contributed by atoms with Gasteiger partial charge in [-0.1, -0.05) is 37.3 Å². The van der Waals surface area contributed by atoms with Gasteiger partial charge in [-0.05, 0) is 49.7 Å². The Hall–Kier alpha value is -1.81. The molecule has 3 saturated heterocycles. The maximum absolute atomic E-state index is 11.8. The summed E-state index contributed by atoms with van der Waals surface area (Å²) in [6.45, 7) is 5.57. The van der Waals surface area contributed by atoms with Crippen molar-refractivity contribution in [3.63, 3.8) is 0 Å². The third-order valence-electron chi connectivity index (χ3n) is 5.98. The zero-order valence-corrected chi connectivity index (χ0v) is 14.5. The van der Waals surface area contributed by atoms with Gasteiger partial charge >= 0.3 is 6.09 Å². The molecule has 3 aliphatic rings. The fraction of sp³-hybridized carbons (Fsp3) is 0.550. The lowest BCUT2D eigenvalue weighted by Gasteiger charge is -2.56. The highest BCUT2D eigenvalue weighted by molar-refractivity contribution is 5.70. The summed E-state index contributed by atoms with van der Waals surface area (Å²) < 4.78 is 11.9. The van der Waals surface area contributed by atoms with Crippen molar-refractivity contribution in [2.24, 2.45) is 5.92 Å². The van der Waals surface area contributed by atoms with E-state index in [1.807, 2.05) is 6.20 Å². The average molecular weight is 327 g/mol. The van der Waals surface area contributed by atoms with E-state index in [4.69, 9.17) is 9.47 Å². The van der Waals surface area contributed by atoms with E-state index in [9.17, 15) is 4.79 Å². The predicted octanol–water partition coefficient (Wildman–Crippen LogP) is 4.22. The lowest BCUT2D eigenvalue weighted by Crippen LogP contribution is -2.54. The Morgan fingerprint density at radius 1 is 1.25 bits per heavy atom. The number of cyclic esters (lactones) is 1. The van der Waals surface area contributed by atoms with Crippen molar-refractivity contribution in [1.82, 2.24) is 4.90 Å². The van der Waals surface area contributed by atoms with Crippen LogP contribution in [-0.2, 0) is 15.1 Å². The minimum Gasteiger partial charge on any atom is -0.447 e. The number of carbonyl (C=O) groups excluding carboxylic acids is 1. The summed E-state index contributed by atoms with van der Waals surface area (Å²) >= 11 is 0. The van der Waals surface area contributed by atoms with Gasteiger partial charge in [0.25, 0.3) is 0 Å². The highest BCUT2D eigenvalue weighted by Gasteiger charge is 2.53. The number of carbonyl (C=O) groups is 1. The molecule has 3 atom stereocenters. The van der Waals surface area contributed by atoms with Gasteiger partial charge in [0.05, 0.1) is 17.7 Å². The Balaban J connectivity index is 1.70. The molecule has 3 aliphatic heterocycles. The molecule has 1 aromatic rings. The Bertz CT molecular complexity index is 671. The SMILES string of the molecule is C[C@H]1C/C(=C/N2CCOC2=O)[C@]2(C)CCC[C@@]1(c1ccccc1)O2. The normalized spacial score (nSPS) is 37.6. The molecule has 1 aromatic carbocycles. The van der Waals surface area contributed by atoms with Crippen LogP contribution in [-0.4, -0.2) is 29.7 Å². The fourth-order valence-electron chi connectivity index (χ4n) is 4.58. The molecule has 0 N–H and O–H groups in total. The van der Waals surface area contributed by atoms with E-state index in [0.717, 1.165) is 25.7 Å². The maximum atomic E-state index is 11.8. The predicted molar refractivity (Wildman–Crippen MR) is 91.4 cm³/mol. The molecule has 0 saturated carbocycles. The maximum Gasteiger partial charge on any atom is 0.413 e. The summed E-state index contributed by atoms with van der Waals surface area (Å²) in [5.74, 6) is 0.373. The smallest absolute Gasteiger partial charge is 0.413 e. The second kappa shape index (κ2) is 5.62. The summed E-state index contributed by atoms with van der Waals surface area (Å²) in [6.07, 6.45) is 5.91. The van der Waals surface area contributed by atoms with E-state index in [2.05, 4.69) is 44.2 Å². The molecule has 0 spiro atoms. The molecular formula is C20H25NO3. The first-order valence-electron chi connectivity index (χ1n) is 8.94. The van der Waals surface area contributed by atoms with Gasteiger partial charge in [0.15, 0.2) is 0 Å². The minimum atomic E-state index is -0.302. The number of amides is 1. The zero-order valence-electron chi connectivity index (χ0n) is 14.5. The van der Waals surface area contributed by atoms with Crippen LogP contribution >= 0.6 is 0 Å². The van der Waals surface area contributed by atoms with Crippen molar-refractivity contribution >= 4 is 6.09 Å². The number of benzene rings is 1. The highest BCUT2D eigenvalue weighted by atomic mass is 16.6. The van der Waals surface area contributed by atoms with E-state index in [-0.39, 0.29) is 17.3 Å². The molecule has 3 heterocycles. The van der Waals surface area contributed by atoms with Crippen LogP contribution in [0, 0.1) is 5.92 Å². The molecule has 0 aromatic heterocycles. The first kappa shape index (κ1) is 15.7. The van der Waals surface area contributed by atoms with Gasteiger partial charge < -0.3 is 9.47 Å². The Morgan fingerprint density at radius 2 is 2.04 bits per heavy atom. The van der Waals surface area contributed by atoms with Gasteiger partial charge in [0.1, 0.15) is 6.61 Å². The summed E-state index contributed by atoms with van der Waals surface area (Å²) in [7, 11) is 0. The Kier molecular flexibility index (Phi) is 3.68. The second-order valence-electron chi connectivity index (χ2n) is 7.51. The van der Waals surface area contributed by atoms with Gasteiger partial charge in [0.2, 0.25) is 0 Å². The van der Waals surface area contributed by atoms with E-state index in [1.54, 1.807) is 4.90 Å². The summed E-state index contributed by atoms with van der Waals surface area (Å²) in [4.78, 5) is 13.5. The summed E-state index contributed by atoms with van der Waals surface area (Å²) in [6, 6.07) is 10.6. The van der Waals surface area contributed by atoms with Crippen LogP contribution in [0.3, 0.4) is 0 Å². The van der Waals surface area contributed by atoms with Crippen molar-refractivity contribution in [2.45, 2.75) is 50.7 Å². The van der Waals surface area contributed by atoms with Crippen molar-refractivity contribution in [3.8, 4) is 0 Å². The van der Waals surface area contributed by atoms with E-state index in [0.29, 0.717) is 19.1 Å². The molecule has 4 rings (SSSR count). The third-order valence-corrected chi connectivity index (χ3v) is 5.98. The Morgan fingerprint density at radius 3 is 2.75 bits per heavy atom. The molecule has 4 heteroatoms. The number of hydrogen-bond donors (Lipinski definition) is 0. The zero-order chi connectivity index (χ0) is 16.8. The summed E-state index contributed by atoms with van der Waals surface area (Å²) in [5, 5.41) is 0. The number of ether oxygens (including phenoxy) is 2. The van der Waals surface area contributed by atoms with Gasteiger partial charge in [-0.2, -0.15) is 0 Å². The van der Waals surface area contributed by atoms with Crippen LogP contribution in [0.1, 0.15) is 45.1 Å². The van der Waals surface area contributed by atoms with Crippen molar-refractivity contribution < 1.29 is 14.3 Å².